The molecule has 0 unspecified atom stereocenters. The Balaban J connectivity index is 1.95. The lowest BCUT2D eigenvalue weighted by Crippen LogP contribution is -2.25. The number of hydroxylamine groups is 2. The maximum absolute atomic E-state index is 12.1. The van der Waals surface area contributed by atoms with Crippen molar-refractivity contribution in [1.82, 2.24) is 10.0 Å². The molecule has 1 saturated heterocycles. The van der Waals surface area contributed by atoms with Crippen molar-refractivity contribution in [3.05, 3.63) is 29.1 Å². The number of carbonyl (C=O) groups is 1. The number of carbonyl (C=O) groups excluding carboxylic acids is 1. The quantitative estimate of drug-likeness (QED) is 0.884. The zero-order valence-electron chi connectivity index (χ0n) is 10.4. The first-order valence-electron chi connectivity index (χ1n) is 6.10. The van der Waals surface area contributed by atoms with Gasteiger partial charge in [-0.3, -0.25) is 9.63 Å². The number of rotatable bonds is 2. The van der Waals surface area contributed by atoms with Crippen molar-refractivity contribution >= 4 is 17.2 Å². The molecule has 1 aliphatic heterocycles. The Labute approximate surface area is 118 Å². The zero-order chi connectivity index (χ0) is 14.1. The van der Waals surface area contributed by atoms with Crippen LogP contribution in [0.3, 0.4) is 0 Å². The number of phenols is 1. The number of hydrogen-bond acceptors (Lipinski definition) is 6. The van der Waals surface area contributed by atoms with Crippen molar-refractivity contribution in [2.45, 2.75) is 6.42 Å². The number of phenolic OH excluding ortho intramolecular Hbond substituents is 1. The molecule has 1 aromatic carbocycles. The summed E-state index contributed by atoms with van der Waals surface area (Å²) in [5.41, 5.74) is 0.481. The van der Waals surface area contributed by atoms with Crippen LogP contribution in [0.4, 0.5) is 0 Å². The van der Waals surface area contributed by atoms with Crippen molar-refractivity contribution in [2.75, 3.05) is 13.2 Å². The maximum atomic E-state index is 12.1. The van der Waals surface area contributed by atoms with E-state index in [1.54, 1.807) is 18.2 Å². The summed E-state index contributed by atoms with van der Waals surface area (Å²) in [6.45, 7) is 1.000. The van der Waals surface area contributed by atoms with Crippen LogP contribution in [0.15, 0.2) is 24.3 Å². The normalized spacial score (nSPS) is 14.7. The van der Waals surface area contributed by atoms with Gasteiger partial charge >= 0.3 is 0 Å². The number of nitrogens with zero attached hydrogens (tertiary/aromatic N) is 2. The van der Waals surface area contributed by atoms with Gasteiger partial charge in [0, 0.05) is 0 Å². The fraction of sp³-hybridized carbons (Fsp3) is 0.231. The molecule has 2 heterocycles. The van der Waals surface area contributed by atoms with Crippen LogP contribution in [-0.2, 0) is 4.84 Å². The second-order valence-corrected chi connectivity index (χ2v) is 5.28. The standard InChI is InChI=1S/C13H12N2O4S/c16-9-5-2-1-4-8(9)12-14-11(17)10(20-12)13(18)15-6-3-7-19-15/h1-2,4-5,16-17H,3,6-7H2. The van der Waals surface area contributed by atoms with Crippen molar-refractivity contribution in [1.29, 1.82) is 0 Å². The predicted octanol–water partition coefficient (Wildman–Crippen LogP) is 2.00. The second-order valence-electron chi connectivity index (χ2n) is 4.28. The minimum atomic E-state index is -0.404. The number of aromatic nitrogens is 1. The number of thiazole rings is 1. The molecular formula is C13H12N2O4S. The van der Waals surface area contributed by atoms with Gasteiger partial charge in [0.2, 0.25) is 5.88 Å². The number of benzene rings is 1. The van der Waals surface area contributed by atoms with E-state index < -0.39 is 5.91 Å². The van der Waals surface area contributed by atoms with Gasteiger partial charge in [0.25, 0.3) is 5.91 Å². The minimum Gasteiger partial charge on any atom is -0.507 e. The summed E-state index contributed by atoms with van der Waals surface area (Å²) in [6.07, 6.45) is 0.775. The van der Waals surface area contributed by atoms with Gasteiger partial charge in [0.1, 0.15) is 10.8 Å². The molecule has 1 aromatic heterocycles. The van der Waals surface area contributed by atoms with E-state index in [4.69, 9.17) is 4.84 Å². The molecule has 3 rings (SSSR count). The third-order valence-corrected chi connectivity index (χ3v) is 3.98. The van der Waals surface area contributed by atoms with Crippen LogP contribution in [0.5, 0.6) is 11.6 Å². The summed E-state index contributed by atoms with van der Waals surface area (Å²) in [6, 6.07) is 6.64. The molecule has 1 fully saturated rings. The first kappa shape index (κ1) is 12.9. The second kappa shape index (κ2) is 5.10. The lowest BCUT2D eigenvalue weighted by atomic mass is 10.2. The summed E-state index contributed by atoms with van der Waals surface area (Å²) in [7, 11) is 0. The summed E-state index contributed by atoms with van der Waals surface area (Å²) < 4.78 is 0. The van der Waals surface area contributed by atoms with E-state index in [1.165, 1.54) is 11.1 Å². The molecule has 0 radical (unpaired) electrons. The van der Waals surface area contributed by atoms with Gasteiger partial charge in [0.05, 0.1) is 18.7 Å². The molecule has 0 spiro atoms. The molecule has 1 amide bonds. The van der Waals surface area contributed by atoms with Crippen molar-refractivity contribution in [2.24, 2.45) is 0 Å². The Morgan fingerprint density at radius 1 is 1.35 bits per heavy atom. The lowest BCUT2D eigenvalue weighted by molar-refractivity contribution is -0.0766. The molecule has 6 nitrogen and oxygen atoms in total. The van der Waals surface area contributed by atoms with Crippen LogP contribution < -0.4 is 0 Å². The van der Waals surface area contributed by atoms with E-state index in [0.29, 0.717) is 23.7 Å². The Morgan fingerprint density at radius 3 is 2.85 bits per heavy atom. The van der Waals surface area contributed by atoms with Crippen LogP contribution in [0.1, 0.15) is 16.1 Å². The molecule has 2 aromatic rings. The van der Waals surface area contributed by atoms with Crippen molar-refractivity contribution in [3.8, 4) is 22.2 Å². The van der Waals surface area contributed by atoms with Gasteiger partial charge in [-0.1, -0.05) is 12.1 Å². The highest BCUT2D eigenvalue weighted by atomic mass is 32.1. The highest BCUT2D eigenvalue weighted by Crippen LogP contribution is 2.36. The lowest BCUT2D eigenvalue weighted by Gasteiger charge is -2.11. The van der Waals surface area contributed by atoms with E-state index in [1.807, 2.05) is 0 Å². The average Bonchev–Trinajstić information content (AvgIpc) is 3.08. The average molecular weight is 292 g/mol. The zero-order valence-corrected chi connectivity index (χ0v) is 11.3. The largest absolute Gasteiger partial charge is 0.507 e. The van der Waals surface area contributed by atoms with Gasteiger partial charge in [-0.05, 0) is 18.6 Å². The molecular weight excluding hydrogens is 280 g/mol. The fourth-order valence-electron chi connectivity index (χ4n) is 1.94. The van der Waals surface area contributed by atoms with Crippen LogP contribution in [0.2, 0.25) is 0 Å². The number of amides is 1. The van der Waals surface area contributed by atoms with E-state index in [9.17, 15) is 15.0 Å². The molecule has 0 atom stereocenters. The molecule has 0 bridgehead atoms. The molecule has 0 saturated carbocycles. The monoisotopic (exact) mass is 292 g/mol. The topological polar surface area (TPSA) is 82.9 Å². The third kappa shape index (κ3) is 2.21. The SMILES string of the molecule is O=C(c1sc(-c2ccccc2O)nc1O)N1CCCO1. The Hall–Kier alpha value is -2.12. The first-order chi connectivity index (χ1) is 9.66. The first-order valence-corrected chi connectivity index (χ1v) is 6.91. The predicted molar refractivity (Wildman–Crippen MR) is 72.5 cm³/mol. The molecule has 104 valence electrons. The minimum absolute atomic E-state index is 0.0534. The van der Waals surface area contributed by atoms with Gasteiger partial charge in [-0.2, -0.15) is 0 Å². The maximum Gasteiger partial charge on any atom is 0.293 e. The molecule has 2 N–H and O–H groups in total. The Morgan fingerprint density at radius 2 is 2.15 bits per heavy atom. The van der Waals surface area contributed by atoms with Crippen LogP contribution in [0.25, 0.3) is 10.6 Å². The van der Waals surface area contributed by atoms with Crippen molar-refractivity contribution < 1.29 is 19.8 Å². The Kier molecular flexibility index (Phi) is 3.29. The van der Waals surface area contributed by atoms with Gasteiger partial charge < -0.3 is 10.2 Å². The fourth-order valence-corrected chi connectivity index (χ4v) is 2.88. The summed E-state index contributed by atoms with van der Waals surface area (Å²) in [5, 5.41) is 21.2. The van der Waals surface area contributed by atoms with Crippen LogP contribution in [-0.4, -0.2) is 39.3 Å². The smallest absolute Gasteiger partial charge is 0.293 e. The highest BCUT2D eigenvalue weighted by molar-refractivity contribution is 7.17. The third-order valence-electron chi connectivity index (χ3n) is 2.92. The van der Waals surface area contributed by atoms with Crippen molar-refractivity contribution in [3.63, 3.8) is 0 Å². The molecule has 7 heteroatoms. The van der Waals surface area contributed by atoms with E-state index >= 15 is 0 Å². The van der Waals surface area contributed by atoms with Gasteiger partial charge in [0.15, 0.2) is 4.88 Å². The van der Waals surface area contributed by atoms with E-state index in [0.717, 1.165) is 17.8 Å². The number of hydrogen-bond donors (Lipinski definition) is 2. The molecule has 0 aliphatic carbocycles. The summed E-state index contributed by atoms with van der Waals surface area (Å²) in [5.74, 6) is -0.689. The van der Waals surface area contributed by atoms with E-state index in [-0.39, 0.29) is 16.5 Å². The molecule has 1 aliphatic rings. The van der Waals surface area contributed by atoms with Gasteiger partial charge in [-0.25, -0.2) is 10.0 Å². The number of aromatic hydroxyl groups is 2. The molecule has 20 heavy (non-hydrogen) atoms. The van der Waals surface area contributed by atoms with E-state index in [2.05, 4.69) is 4.98 Å². The number of para-hydroxylation sites is 1. The Bertz CT molecular complexity index is 650. The van der Waals surface area contributed by atoms with Crippen LogP contribution >= 0.6 is 11.3 Å². The van der Waals surface area contributed by atoms with Gasteiger partial charge in [-0.15, -0.1) is 11.3 Å². The highest BCUT2D eigenvalue weighted by Gasteiger charge is 2.27. The summed E-state index contributed by atoms with van der Waals surface area (Å²) >= 11 is 1.03. The van der Waals surface area contributed by atoms with Crippen LogP contribution in [0, 0.1) is 0 Å². The summed E-state index contributed by atoms with van der Waals surface area (Å²) in [4.78, 5) is 21.4.